The van der Waals surface area contributed by atoms with Crippen LogP contribution in [0.5, 0.6) is 0 Å². The van der Waals surface area contributed by atoms with Crippen LogP contribution in [-0.2, 0) is 4.79 Å². The maximum atomic E-state index is 12.1. The molecular formula is C13H27N3O2. The highest BCUT2D eigenvalue weighted by molar-refractivity contribution is 5.78. The zero-order valence-electron chi connectivity index (χ0n) is 11.8. The van der Waals surface area contributed by atoms with Gasteiger partial charge in [-0.15, -0.1) is 0 Å². The fourth-order valence-electron chi connectivity index (χ4n) is 2.25. The van der Waals surface area contributed by atoms with Crippen LogP contribution in [0, 0.1) is 0 Å². The summed E-state index contributed by atoms with van der Waals surface area (Å²) < 4.78 is 0. The smallest absolute Gasteiger partial charge is 0.236 e. The number of carbonyl (C=O) groups is 1. The minimum atomic E-state index is 0.250. The molecule has 0 aliphatic carbocycles. The molecule has 0 aromatic rings. The van der Waals surface area contributed by atoms with E-state index in [9.17, 15) is 4.79 Å². The van der Waals surface area contributed by atoms with E-state index < -0.39 is 0 Å². The van der Waals surface area contributed by atoms with E-state index in [-0.39, 0.29) is 12.5 Å². The first-order valence-corrected chi connectivity index (χ1v) is 7.04. The lowest BCUT2D eigenvalue weighted by atomic mass is 10.3. The first kappa shape index (κ1) is 15.4. The van der Waals surface area contributed by atoms with Crippen LogP contribution in [0.4, 0.5) is 0 Å². The van der Waals surface area contributed by atoms with E-state index in [0.29, 0.717) is 6.54 Å². The second kappa shape index (κ2) is 8.45. The number of piperazine rings is 1. The monoisotopic (exact) mass is 257 g/mol. The summed E-state index contributed by atoms with van der Waals surface area (Å²) in [4.78, 5) is 18.5. The largest absolute Gasteiger partial charge is 0.396 e. The quantitative estimate of drug-likeness (QED) is 0.689. The molecule has 0 atom stereocenters. The summed E-state index contributed by atoms with van der Waals surface area (Å²) in [5.74, 6) is 0.250. The maximum Gasteiger partial charge on any atom is 0.236 e. The molecule has 5 heteroatoms. The molecule has 0 radical (unpaired) electrons. The number of likely N-dealkylation sites (N-methyl/N-ethyl adjacent to an activating group) is 1. The van der Waals surface area contributed by atoms with Crippen molar-refractivity contribution in [2.24, 2.45) is 0 Å². The van der Waals surface area contributed by atoms with Crippen LogP contribution in [0.3, 0.4) is 0 Å². The van der Waals surface area contributed by atoms with Gasteiger partial charge in [-0.05, 0) is 19.5 Å². The molecule has 0 spiro atoms. The first-order chi connectivity index (χ1) is 8.71. The Hall–Kier alpha value is -0.650. The topological polar surface area (TPSA) is 47.0 Å². The summed E-state index contributed by atoms with van der Waals surface area (Å²) >= 11 is 0. The Morgan fingerprint density at radius 1 is 1.17 bits per heavy atom. The number of carbonyl (C=O) groups excluding carboxylic acids is 1. The average Bonchev–Trinajstić information content (AvgIpc) is 2.42. The molecule has 1 saturated heterocycles. The SMILES string of the molecule is CCN(CC)CC(=O)N1CCN(CCCO)CC1. The Labute approximate surface area is 110 Å². The van der Waals surface area contributed by atoms with Gasteiger partial charge in [-0.1, -0.05) is 13.8 Å². The number of amides is 1. The molecule has 1 heterocycles. The van der Waals surface area contributed by atoms with E-state index in [1.165, 1.54) is 0 Å². The lowest BCUT2D eigenvalue weighted by molar-refractivity contribution is -0.134. The molecule has 0 aromatic heterocycles. The van der Waals surface area contributed by atoms with E-state index in [1.54, 1.807) is 0 Å². The van der Waals surface area contributed by atoms with Crippen molar-refractivity contribution in [1.82, 2.24) is 14.7 Å². The zero-order chi connectivity index (χ0) is 13.4. The Bertz CT molecular complexity index is 236. The van der Waals surface area contributed by atoms with E-state index in [2.05, 4.69) is 23.6 Å². The molecule has 0 unspecified atom stereocenters. The summed E-state index contributed by atoms with van der Waals surface area (Å²) in [5, 5.41) is 8.79. The zero-order valence-corrected chi connectivity index (χ0v) is 11.8. The van der Waals surface area contributed by atoms with E-state index >= 15 is 0 Å². The van der Waals surface area contributed by atoms with Crippen molar-refractivity contribution in [3.8, 4) is 0 Å². The number of aliphatic hydroxyl groups is 1. The molecule has 1 aliphatic rings. The predicted molar refractivity (Wildman–Crippen MR) is 72.5 cm³/mol. The molecule has 0 aromatic carbocycles. The molecule has 106 valence electrons. The van der Waals surface area contributed by atoms with Gasteiger partial charge >= 0.3 is 0 Å². The van der Waals surface area contributed by atoms with Gasteiger partial charge < -0.3 is 10.0 Å². The first-order valence-electron chi connectivity index (χ1n) is 7.04. The summed E-state index contributed by atoms with van der Waals surface area (Å²) in [6, 6.07) is 0. The van der Waals surface area contributed by atoms with Crippen molar-refractivity contribution in [2.45, 2.75) is 20.3 Å². The normalized spacial score (nSPS) is 17.4. The fraction of sp³-hybridized carbons (Fsp3) is 0.923. The Morgan fingerprint density at radius 2 is 1.78 bits per heavy atom. The second-order valence-electron chi connectivity index (χ2n) is 4.76. The van der Waals surface area contributed by atoms with Crippen molar-refractivity contribution in [1.29, 1.82) is 0 Å². The summed E-state index contributed by atoms with van der Waals surface area (Å²) in [6.07, 6.45) is 0.827. The lowest BCUT2D eigenvalue weighted by Gasteiger charge is -2.35. The Morgan fingerprint density at radius 3 is 2.28 bits per heavy atom. The van der Waals surface area contributed by atoms with E-state index in [1.807, 2.05) is 4.90 Å². The van der Waals surface area contributed by atoms with Gasteiger partial charge in [0.25, 0.3) is 0 Å². The van der Waals surface area contributed by atoms with Crippen LogP contribution >= 0.6 is 0 Å². The van der Waals surface area contributed by atoms with Gasteiger partial charge in [0, 0.05) is 39.3 Å². The molecule has 1 fully saturated rings. The minimum absolute atomic E-state index is 0.250. The van der Waals surface area contributed by atoms with Gasteiger partial charge in [-0.3, -0.25) is 14.6 Å². The minimum Gasteiger partial charge on any atom is -0.396 e. The highest BCUT2D eigenvalue weighted by atomic mass is 16.3. The number of nitrogens with zero attached hydrogens (tertiary/aromatic N) is 3. The van der Waals surface area contributed by atoms with Gasteiger partial charge in [0.2, 0.25) is 5.91 Å². The molecule has 5 nitrogen and oxygen atoms in total. The highest BCUT2D eigenvalue weighted by Crippen LogP contribution is 2.03. The van der Waals surface area contributed by atoms with Crippen molar-refractivity contribution >= 4 is 5.91 Å². The Kier molecular flexibility index (Phi) is 7.23. The van der Waals surface area contributed by atoms with Crippen molar-refractivity contribution < 1.29 is 9.90 Å². The molecule has 0 saturated carbocycles. The number of hydrogen-bond donors (Lipinski definition) is 1. The van der Waals surface area contributed by atoms with Crippen LogP contribution < -0.4 is 0 Å². The van der Waals surface area contributed by atoms with Gasteiger partial charge in [0.1, 0.15) is 0 Å². The van der Waals surface area contributed by atoms with E-state index in [4.69, 9.17) is 5.11 Å². The number of aliphatic hydroxyl groups excluding tert-OH is 1. The predicted octanol–water partition coefficient (Wildman–Crippen LogP) is -0.145. The molecule has 1 N–H and O–H groups in total. The Balaban J connectivity index is 2.27. The third-order valence-corrected chi connectivity index (χ3v) is 3.61. The summed E-state index contributed by atoms with van der Waals surface area (Å²) in [5.41, 5.74) is 0. The third-order valence-electron chi connectivity index (χ3n) is 3.61. The molecule has 18 heavy (non-hydrogen) atoms. The molecular weight excluding hydrogens is 230 g/mol. The van der Waals surface area contributed by atoms with Gasteiger partial charge in [-0.25, -0.2) is 0 Å². The van der Waals surface area contributed by atoms with E-state index in [0.717, 1.165) is 52.2 Å². The summed E-state index contributed by atoms with van der Waals surface area (Å²) in [6.45, 7) is 11.3. The molecule has 1 amide bonds. The van der Waals surface area contributed by atoms with Crippen LogP contribution in [0.15, 0.2) is 0 Å². The van der Waals surface area contributed by atoms with Crippen LogP contribution in [0.1, 0.15) is 20.3 Å². The standard InChI is InChI=1S/C13H27N3O2/c1-3-14(4-2)12-13(18)16-9-7-15(8-10-16)6-5-11-17/h17H,3-12H2,1-2H3. The van der Waals surface area contributed by atoms with Crippen LogP contribution in [-0.4, -0.2) is 84.7 Å². The van der Waals surface area contributed by atoms with Crippen molar-refractivity contribution in [3.63, 3.8) is 0 Å². The number of hydrogen-bond acceptors (Lipinski definition) is 4. The van der Waals surface area contributed by atoms with Gasteiger partial charge in [-0.2, -0.15) is 0 Å². The second-order valence-corrected chi connectivity index (χ2v) is 4.76. The number of rotatable bonds is 7. The maximum absolute atomic E-state index is 12.1. The fourth-order valence-corrected chi connectivity index (χ4v) is 2.25. The van der Waals surface area contributed by atoms with Crippen molar-refractivity contribution in [2.75, 3.05) is 59.0 Å². The van der Waals surface area contributed by atoms with Crippen molar-refractivity contribution in [3.05, 3.63) is 0 Å². The molecule has 0 bridgehead atoms. The summed E-state index contributed by atoms with van der Waals surface area (Å²) in [7, 11) is 0. The molecule has 1 aliphatic heterocycles. The molecule has 1 rings (SSSR count). The van der Waals surface area contributed by atoms with Crippen LogP contribution in [0.2, 0.25) is 0 Å². The average molecular weight is 257 g/mol. The van der Waals surface area contributed by atoms with Gasteiger partial charge in [0.05, 0.1) is 6.54 Å². The lowest BCUT2D eigenvalue weighted by Crippen LogP contribution is -2.51. The third kappa shape index (κ3) is 4.92. The highest BCUT2D eigenvalue weighted by Gasteiger charge is 2.21. The van der Waals surface area contributed by atoms with Gasteiger partial charge in [0.15, 0.2) is 0 Å². The van der Waals surface area contributed by atoms with Crippen LogP contribution in [0.25, 0.3) is 0 Å².